The van der Waals surface area contributed by atoms with E-state index in [9.17, 15) is 0 Å². The SMILES string of the molecule is C=C1/C(=C\C=C/C)B2c3ccccc3N(c3ccccc3)c3cccc(c32)N1C1=CC=CCC1C. The number of hydrogen-bond acceptors (Lipinski definition) is 2. The fourth-order valence-corrected chi connectivity index (χ4v) is 5.78. The number of nitrogens with zero attached hydrogens (tertiary/aromatic N) is 2. The van der Waals surface area contributed by atoms with Crippen LogP contribution in [0.4, 0.5) is 22.7 Å². The summed E-state index contributed by atoms with van der Waals surface area (Å²) in [6.07, 6.45) is 14.3. The number of para-hydroxylation sites is 2. The standard InChI is InChI=1S/C32H29BN2/c1-4-5-17-26-24(3)34(28-19-11-9-14-23(28)2)30-21-13-22-31-32(30)33(26)27-18-10-12-20-29(27)35(31)25-15-7-6-8-16-25/h4-13,15-23H,3,14H2,1-2H3/b5-4-,26-17+. The Kier molecular flexibility index (Phi) is 5.34. The first-order valence-electron chi connectivity index (χ1n) is 12.5. The van der Waals surface area contributed by atoms with E-state index in [1.165, 1.54) is 44.8 Å². The highest BCUT2D eigenvalue weighted by Crippen LogP contribution is 2.44. The van der Waals surface area contributed by atoms with Crippen LogP contribution in [0.3, 0.4) is 0 Å². The van der Waals surface area contributed by atoms with Crippen molar-refractivity contribution in [1.82, 2.24) is 0 Å². The molecule has 2 heterocycles. The smallest absolute Gasteiger partial charge is 0.252 e. The highest BCUT2D eigenvalue weighted by molar-refractivity contribution is 6.95. The molecule has 35 heavy (non-hydrogen) atoms. The van der Waals surface area contributed by atoms with Gasteiger partial charge in [-0.05, 0) is 66.2 Å². The molecule has 0 spiro atoms. The Balaban J connectivity index is 1.68. The molecule has 0 saturated carbocycles. The van der Waals surface area contributed by atoms with Crippen molar-refractivity contribution in [3.63, 3.8) is 0 Å². The minimum Gasteiger partial charge on any atom is -0.315 e. The van der Waals surface area contributed by atoms with Crippen LogP contribution in [-0.4, -0.2) is 6.71 Å². The molecule has 1 aliphatic carbocycles. The van der Waals surface area contributed by atoms with Gasteiger partial charge in [0, 0.05) is 40.1 Å². The predicted molar refractivity (Wildman–Crippen MR) is 152 cm³/mol. The number of rotatable bonds is 3. The molecule has 0 N–H and O–H groups in total. The first-order chi connectivity index (χ1) is 17.2. The molecule has 6 rings (SSSR count). The molecule has 0 bridgehead atoms. The Morgan fingerprint density at radius 1 is 0.886 bits per heavy atom. The fraction of sp³-hybridized carbons (Fsp3) is 0.125. The van der Waals surface area contributed by atoms with Crippen LogP contribution in [0.15, 0.2) is 133 Å². The summed E-state index contributed by atoms with van der Waals surface area (Å²) in [5.74, 6) is 0.424. The topological polar surface area (TPSA) is 6.48 Å². The van der Waals surface area contributed by atoms with E-state index in [1.54, 1.807) is 0 Å². The number of anilines is 4. The lowest BCUT2D eigenvalue weighted by Gasteiger charge is -2.46. The Hall–Kier alpha value is -3.98. The van der Waals surface area contributed by atoms with E-state index in [4.69, 9.17) is 0 Å². The number of benzene rings is 3. The van der Waals surface area contributed by atoms with Crippen molar-refractivity contribution in [2.24, 2.45) is 5.92 Å². The summed E-state index contributed by atoms with van der Waals surface area (Å²) in [6, 6.07) is 26.3. The van der Waals surface area contributed by atoms with Gasteiger partial charge in [0.2, 0.25) is 0 Å². The first kappa shape index (κ1) is 21.6. The maximum atomic E-state index is 4.69. The lowest BCUT2D eigenvalue weighted by atomic mass is 9.32. The second-order valence-corrected chi connectivity index (χ2v) is 9.46. The van der Waals surface area contributed by atoms with E-state index in [1.807, 2.05) is 0 Å². The van der Waals surface area contributed by atoms with Crippen molar-refractivity contribution in [1.29, 1.82) is 0 Å². The summed E-state index contributed by atoms with van der Waals surface area (Å²) in [5, 5.41) is 0. The molecular weight excluding hydrogens is 423 g/mol. The van der Waals surface area contributed by atoms with E-state index in [-0.39, 0.29) is 6.71 Å². The normalized spacial score (nSPS) is 19.8. The monoisotopic (exact) mass is 452 g/mol. The van der Waals surface area contributed by atoms with Crippen molar-refractivity contribution in [2.45, 2.75) is 20.3 Å². The van der Waals surface area contributed by atoms with Gasteiger partial charge in [0.05, 0.1) is 0 Å². The molecule has 3 aromatic rings. The summed E-state index contributed by atoms with van der Waals surface area (Å²) in [6.45, 7) is 9.20. The van der Waals surface area contributed by atoms with E-state index in [2.05, 4.69) is 139 Å². The van der Waals surface area contributed by atoms with Crippen molar-refractivity contribution < 1.29 is 0 Å². The minimum atomic E-state index is 0.132. The quantitative estimate of drug-likeness (QED) is 0.398. The molecule has 0 fully saturated rings. The Labute approximate surface area is 209 Å². The fourth-order valence-electron chi connectivity index (χ4n) is 5.78. The molecule has 3 heteroatoms. The highest BCUT2D eigenvalue weighted by atomic mass is 15.2. The van der Waals surface area contributed by atoms with Gasteiger partial charge in [-0.15, -0.1) is 0 Å². The second kappa shape index (κ2) is 8.67. The van der Waals surface area contributed by atoms with Crippen LogP contribution in [0.1, 0.15) is 20.3 Å². The van der Waals surface area contributed by atoms with Gasteiger partial charge < -0.3 is 9.80 Å². The third kappa shape index (κ3) is 3.34. The Bertz CT molecular complexity index is 1430. The van der Waals surface area contributed by atoms with Gasteiger partial charge in [-0.2, -0.15) is 0 Å². The molecule has 0 amide bonds. The summed E-state index contributed by atoms with van der Waals surface area (Å²) < 4.78 is 0. The zero-order chi connectivity index (χ0) is 23.9. The van der Waals surface area contributed by atoms with E-state index >= 15 is 0 Å². The van der Waals surface area contributed by atoms with Crippen molar-refractivity contribution in [2.75, 3.05) is 9.80 Å². The van der Waals surface area contributed by atoms with Crippen LogP contribution < -0.4 is 20.7 Å². The largest absolute Gasteiger partial charge is 0.315 e. The minimum absolute atomic E-state index is 0.132. The maximum absolute atomic E-state index is 4.69. The highest BCUT2D eigenvalue weighted by Gasteiger charge is 2.44. The van der Waals surface area contributed by atoms with E-state index < -0.39 is 0 Å². The van der Waals surface area contributed by atoms with Gasteiger partial charge in [0.1, 0.15) is 0 Å². The van der Waals surface area contributed by atoms with Gasteiger partial charge in [0.15, 0.2) is 0 Å². The summed E-state index contributed by atoms with van der Waals surface area (Å²) in [7, 11) is 0. The molecule has 3 aromatic carbocycles. The molecule has 3 aliphatic rings. The van der Waals surface area contributed by atoms with Gasteiger partial charge >= 0.3 is 0 Å². The van der Waals surface area contributed by atoms with Crippen LogP contribution in [0, 0.1) is 5.92 Å². The summed E-state index contributed by atoms with van der Waals surface area (Å²) in [5.41, 5.74) is 11.2. The first-order valence-corrected chi connectivity index (χ1v) is 12.5. The average Bonchev–Trinajstić information content (AvgIpc) is 2.90. The predicted octanol–water partition coefficient (Wildman–Crippen LogP) is 6.93. The molecule has 1 unspecified atom stereocenters. The second-order valence-electron chi connectivity index (χ2n) is 9.46. The number of hydrogen-bond donors (Lipinski definition) is 0. The van der Waals surface area contributed by atoms with Crippen molar-refractivity contribution in [3.8, 4) is 0 Å². The Morgan fingerprint density at radius 3 is 2.37 bits per heavy atom. The van der Waals surface area contributed by atoms with Crippen LogP contribution in [0.5, 0.6) is 0 Å². The van der Waals surface area contributed by atoms with Crippen molar-refractivity contribution >= 4 is 40.4 Å². The lowest BCUT2D eigenvalue weighted by molar-refractivity contribution is 0.664. The average molecular weight is 452 g/mol. The van der Waals surface area contributed by atoms with Crippen LogP contribution in [0.25, 0.3) is 0 Å². The number of fused-ring (bicyclic) bond motifs is 2. The summed E-state index contributed by atoms with van der Waals surface area (Å²) in [4.78, 5) is 4.83. The molecule has 0 aromatic heterocycles. The molecule has 170 valence electrons. The zero-order valence-electron chi connectivity index (χ0n) is 20.4. The third-order valence-electron chi connectivity index (χ3n) is 7.37. The third-order valence-corrected chi connectivity index (χ3v) is 7.37. The maximum Gasteiger partial charge on any atom is 0.252 e. The lowest BCUT2D eigenvalue weighted by Crippen LogP contribution is -2.57. The van der Waals surface area contributed by atoms with E-state index in [0.717, 1.165) is 12.1 Å². The van der Waals surface area contributed by atoms with Gasteiger partial charge in [-0.1, -0.05) is 86.3 Å². The number of allylic oxidation sites excluding steroid dienone is 8. The van der Waals surface area contributed by atoms with Gasteiger partial charge in [-0.3, -0.25) is 0 Å². The van der Waals surface area contributed by atoms with Gasteiger partial charge in [-0.25, -0.2) is 0 Å². The van der Waals surface area contributed by atoms with Crippen molar-refractivity contribution in [3.05, 3.63) is 133 Å². The Morgan fingerprint density at radius 2 is 1.60 bits per heavy atom. The molecule has 2 nitrogen and oxygen atoms in total. The van der Waals surface area contributed by atoms with E-state index in [0.29, 0.717) is 5.92 Å². The van der Waals surface area contributed by atoms with Crippen LogP contribution in [-0.2, 0) is 0 Å². The summed E-state index contributed by atoms with van der Waals surface area (Å²) >= 11 is 0. The molecule has 0 saturated heterocycles. The van der Waals surface area contributed by atoms with Crippen LogP contribution in [0.2, 0.25) is 0 Å². The molecule has 2 aliphatic heterocycles. The molecular formula is C32H29BN2. The zero-order valence-corrected chi connectivity index (χ0v) is 20.4. The molecule has 0 radical (unpaired) electrons. The molecule has 1 atom stereocenters. The van der Waals surface area contributed by atoms with Crippen LogP contribution >= 0.6 is 0 Å². The van der Waals surface area contributed by atoms with Gasteiger partial charge in [0.25, 0.3) is 6.71 Å².